The van der Waals surface area contributed by atoms with Gasteiger partial charge in [0.25, 0.3) is 11.6 Å². The van der Waals surface area contributed by atoms with Gasteiger partial charge in [0.1, 0.15) is 11.3 Å². The van der Waals surface area contributed by atoms with Crippen molar-refractivity contribution in [2.45, 2.75) is 20.8 Å². The molecule has 1 aromatic heterocycles. The van der Waals surface area contributed by atoms with Crippen LogP contribution in [0, 0.1) is 24.0 Å². The van der Waals surface area contributed by atoms with Gasteiger partial charge in [-0.3, -0.25) is 14.9 Å². The minimum absolute atomic E-state index is 0.0372. The summed E-state index contributed by atoms with van der Waals surface area (Å²) < 4.78 is 0. The molecule has 32 heavy (non-hydrogen) atoms. The van der Waals surface area contributed by atoms with Gasteiger partial charge in [0.2, 0.25) is 0 Å². The fourth-order valence-electron chi connectivity index (χ4n) is 2.96. The summed E-state index contributed by atoms with van der Waals surface area (Å²) in [4.78, 5) is 34.4. The highest BCUT2D eigenvalue weighted by molar-refractivity contribution is 7.14. The van der Waals surface area contributed by atoms with Crippen LogP contribution >= 0.6 is 11.3 Å². The van der Waals surface area contributed by atoms with Crippen LogP contribution in [0.15, 0.2) is 46.9 Å². The predicted octanol–water partition coefficient (Wildman–Crippen LogP) is 4.50. The molecule has 10 heteroatoms. The maximum Gasteiger partial charge on any atom is 0.342 e. The molecule has 0 fully saturated rings. The number of carbonyl (C=O) groups is 2. The minimum Gasteiger partial charge on any atom is -0.506 e. The molecule has 0 spiro atoms. The standard InChI is InChI=1S/C22H19N3O6S/c1-11-4-5-14(8-12(11)2)20-19(26)17(10-32-20)13(3)23-24-21(27)15-6-7-16(22(28)29)18(9-15)25(30)31/h4-10,26H,1-3H3,(H,24,27)(H,28,29). The van der Waals surface area contributed by atoms with Crippen molar-refractivity contribution in [2.24, 2.45) is 5.10 Å². The summed E-state index contributed by atoms with van der Waals surface area (Å²) in [6, 6.07) is 8.90. The number of benzene rings is 2. The van der Waals surface area contributed by atoms with E-state index >= 15 is 0 Å². The molecular weight excluding hydrogens is 434 g/mol. The second-order valence-electron chi connectivity index (χ2n) is 7.06. The van der Waals surface area contributed by atoms with Crippen molar-refractivity contribution in [3.05, 3.63) is 79.7 Å². The van der Waals surface area contributed by atoms with E-state index in [0.717, 1.165) is 34.9 Å². The van der Waals surface area contributed by atoms with Crippen LogP contribution in [-0.4, -0.2) is 32.7 Å². The van der Waals surface area contributed by atoms with Crippen molar-refractivity contribution in [2.75, 3.05) is 0 Å². The number of carboxylic acids is 1. The van der Waals surface area contributed by atoms with E-state index in [1.165, 1.54) is 11.3 Å². The quantitative estimate of drug-likeness (QED) is 0.285. The van der Waals surface area contributed by atoms with E-state index in [9.17, 15) is 24.8 Å². The molecule has 0 atom stereocenters. The lowest BCUT2D eigenvalue weighted by atomic mass is 10.0. The summed E-state index contributed by atoms with van der Waals surface area (Å²) in [5, 5.41) is 36.5. The number of rotatable bonds is 6. The molecule has 3 aromatic rings. The van der Waals surface area contributed by atoms with Gasteiger partial charge in [-0.25, -0.2) is 10.2 Å². The van der Waals surface area contributed by atoms with Gasteiger partial charge < -0.3 is 10.2 Å². The van der Waals surface area contributed by atoms with Gasteiger partial charge in [0, 0.05) is 17.0 Å². The Morgan fingerprint density at radius 1 is 1.09 bits per heavy atom. The third-order valence-electron chi connectivity index (χ3n) is 4.94. The first-order chi connectivity index (χ1) is 15.1. The Hall–Kier alpha value is -4.05. The van der Waals surface area contributed by atoms with Crippen LogP contribution in [0.1, 0.15) is 44.3 Å². The second kappa shape index (κ2) is 8.98. The molecule has 1 heterocycles. The first-order valence-electron chi connectivity index (χ1n) is 9.35. The molecule has 0 aliphatic rings. The number of thiophene rings is 1. The number of nitro groups is 1. The van der Waals surface area contributed by atoms with Crippen molar-refractivity contribution in [1.82, 2.24) is 5.43 Å². The van der Waals surface area contributed by atoms with Crippen molar-refractivity contribution >= 4 is 34.6 Å². The molecule has 3 rings (SSSR count). The lowest BCUT2D eigenvalue weighted by molar-refractivity contribution is -0.385. The lowest BCUT2D eigenvalue weighted by Crippen LogP contribution is -2.19. The normalized spacial score (nSPS) is 11.3. The zero-order chi connectivity index (χ0) is 23.6. The van der Waals surface area contributed by atoms with E-state index in [4.69, 9.17) is 5.11 Å². The second-order valence-corrected chi connectivity index (χ2v) is 7.94. The highest BCUT2D eigenvalue weighted by Gasteiger charge is 2.22. The number of hydrogen-bond acceptors (Lipinski definition) is 7. The molecule has 1 amide bonds. The van der Waals surface area contributed by atoms with Crippen LogP contribution in [0.5, 0.6) is 5.75 Å². The summed E-state index contributed by atoms with van der Waals surface area (Å²) in [5.41, 5.74) is 4.81. The third-order valence-corrected chi connectivity index (χ3v) is 5.95. The topological polar surface area (TPSA) is 142 Å². The summed E-state index contributed by atoms with van der Waals surface area (Å²) in [6.45, 7) is 5.59. The number of aromatic hydroxyl groups is 1. The summed E-state index contributed by atoms with van der Waals surface area (Å²) in [6.07, 6.45) is 0. The van der Waals surface area contributed by atoms with Gasteiger partial charge in [-0.2, -0.15) is 5.10 Å². The highest BCUT2D eigenvalue weighted by atomic mass is 32.1. The molecule has 164 valence electrons. The van der Waals surface area contributed by atoms with Gasteiger partial charge in [-0.1, -0.05) is 18.2 Å². The number of amides is 1. The van der Waals surface area contributed by atoms with Crippen LogP contribution in [-0.2, 0) is 0 Å². The van der Waals surface area contributed by atoms with Crippen LogP contribution in [0.4, 0.5) is 5.69 Å². The number of nitrogens with zero attached hydrogens (tertiary/aromatic N) is 2. The summed E-state index contributed by atoms with van der Waals surface area (Å²) >= 11 is 1.34. The SMILES string of the molecule is CC(=NNC(=O)c1ccc(C(=O)O)c([N+](=O)[O-])c1)c1csc(-c2ccc(C)c(C)c2)c1O. The van der Waals surface area contributed by atoms with Crippen molar-refractivity contribution < 1.29 is 24.7 Å². The number of carbonyl (C=O) groups excluding carboxylic acids is 1. The maximum atomic E-state index is 12.4. The van der Waals surface area contributed by atoms with E-state index in [2.05, 4.69) is 10.5 Å². The molecule has 0 saturated carbocycles. The third kappa shape index (κ3) is 4.49. The Labute approximate surface area is 186 Å². The lowest BCUT2D eigenvalue weighted by Gasteiger charge is -2.06. The Morgan fingerprint density at radius 3 is 2.44 bits per heavy atom. The minimum atomic E-state index is -1.47. The fourth-order valence-corrected chi connectivity index (χ4v) is 3.96. The Balaban J connectivity index is 1.83. The molecule has 0 saturated heterocycles. The molecule has 0 unspecified atom stereocenters. The van der Waals surface area contributed by atoms with Crippen molar-refractivity contribution in [3.63, 3.8) is 0 Å². The zero-order valence-corrected chi connectivity index (χ0v) is 18.2. The van der Waals surface area contributed by atoms with Crippen LogP contribution in [0.2, 0.25) is 0 Å². The number of aromatic carboxylic acids is 1. The average Bonchev–Trinajstić information content (AvgIpc) is 3.14. The van der Waals surface area contributed by atoms with Gasteiger partial charge in [0.15, 0.2) is 0 Å². The largest absolute Gasteiger partial charge is 0.506 e. The average molecular weight is 453 g/mol. The Morgan fingerprint density at radius 2 is 1.81 bits per heavy atom. The van der Waals surface area contributed by atoms with Crippen LogP contribution in [0.25, 0.3) is 10.4 Å². The number of nitro benzene ring substituents is 1. The molecule has 9 nitrogen and oxygen atoms in total. The first-order valence-corrected chi connectivity index (χ1v) is 10.2. The highest BCUT2D eigenvalue weighted by Crippen LogP contribution is 2.39. The van der Waals surface area contributed by atoms with E-state index < -0.39 is 28.1 Å². The maximum absolute atomic E-state index is 12.4. The predicted molar refractivity (Wildman–Crippen MR) is 121 cm³/mol. The first kappa shape index (κ1) is 22.6. The molecule has 0 aliphatic heterocycles. The van der Waals surface area contributed by atoms with Crippen LogP contribution in [0.3, 0.4) is 0 Å². The van der Waals surface area contributed by atoms with Gasteiger partial charge in [-0.15, -0.1) is 11.3 Å². The van der Waals surface area contributed by atoms with Gasteiger partial charge >= 0.3 is 5.97 Å². The number of carboxylic acid groups (broad SMARTS) is 1. The molecule has 0 radical (unpaired) electrons. The smallest absolute Gasteiger partial charge is 0.342 e. The molecule has 2 aromatic carbocycles. The van der Waals surface area contributed by atoms with Gasteiger partial charge in [-0.05, 0) is 49.6 Å². The van der Waals surface area contributed by atoms with Crippen molar-refractivity contribution in [1.29, 1.82) is 0 Å². The zero-order valence-electron chi connectivity index (χ0n) is 17.4. The van der Waals surface area contributed by atoms with E-state index in [1.807, 2.05) is 32.0 Å². The van der Waals surface area contributed by atoms with E-state index in [-0.39, 0.29) is 11.3 Å². The molecule has 0 aliphatic carbocycles. The number of aryl methyl sites for hydroxylation is 2. The molecule has 0 bridgehead atoms. The fraction of sp³-hybridized carbons (Fsp3) is 0.136. The number of nitrogens with one attached hydrogen (secondary N) is 1. The van der Waals surface area contributed by atoms with Crippen LogP contribution < -0.4 is 5.43 Å². The number of hydrazone groups is 1. The van der Waals surface area contributed by atoms with Crippen molar-refractivity contribution in [3.8, 4) is 16.2 Å². The Kier molecular flexibility index (Phi) is 6.35. The Bertz CT molecular complexity index is 1280. The number of hydrogen-bond donors (Lipinski definition) is 3. The van der Waals surface area contributed by atoms with E-state index in [0.29, 0.717) is 16.2 Å². The molecular formula is C22H19N3O6S. The monoisotopic (exact) mass is 453 g/mol. The summed E-state index contributed by atoms with van der Waals surface area (Å²) in [5.74, 6) is -2.19. The molecule has 3 N–H and O–H groups in total. The summed E-state index contributed by atoms with van der Waals surface area (Å²) in [7, 11) is 0. The van der Waals surface area contributed by atoms with Gasteiger partial charge in [0.05, 0.1) is 21.1 Å². The van der Waals surface area contributed by atoms with E-state index in [1.54, 1.807) is 12.3 Å².